The van der Waals surface area contributed by atoms with Crippen LogP contribution in [0.3, 0.4) is 0 Å². The number of nitrogen functional groups attached to an aromatic ring is 1. The van der Waals surface area contributed by atoms with E-state index in [2.05, 4.69) is 9.97 Å². The minimum atomic E-state index is -0.301. The van der Waals surface area contributed by atoms with Crippen molar-refractivity contribution in [3.63, 3.8) is 0 Å². The summed E-state index contributed by atoms with van der Waals surface area (Å²) in [6.45, 7) is 0. The number of nitrogens with two attached hydrogens (primary N) is 1. The SMILES string of the molecule is Nc1ccc(Cl)c(Oc2cc(=O)[nH]cn2)c1. The molecule has 0 aliphatic carbocycles. The highest BCUT2D eigenvalue weighted by molar-refractivity contribution is 6.32. The Morgan fingerprint density at radius 1 is 1.38 bits per heavy atom. The molecule has 2 aromatic rings. The van der Waals surface area contributed by atoms with Crippen LogP contribution in [0.25, 0.3) is 0 Å². The number of nitrogens with zero attached hydrogens (tertiary/aromatic N) is 1. The van der Waals surface area contributed by atoms with Crippen LogP contribution in [0.4, 0.5) is 5.69 Å². The van der Waals surface area contributed by atoms with Crippen molar-refractivity contribution in [1.29, 1.82) is 0 Å². The zero-order valence-corrected chi connectivity index (χ0v) is 8.86. The molecular formula is C10H8ClN3O2. The summed E-state index contributed by atoms with van der Waals surface area (Å²) in [6, 6.07) is 6.05. The molecular weight excluding hydrogens is 230 g/mol. The predicted octanol–water partition coefficient (Wildman–Crippen LogP) is 1.80. The molecule has 0 radical (unpaired) electrons. The first-order chi connectivity index (χ1) is 7.65. The van der Waals surface area contributed by atoms with Gasteiger partial charge < -0.3 is 15.5 Å². The fraction of sp³-hybridized carbons (Fsp3) is 0. The maximum Gasteiger partial charge on any atom is 0.254 e. The van der Waals surface area contributed by atoms with Gasteiger partial charge in [0, 0.05) is 11.8 Å². The van der Waals surface area contributed by atoms with E-state index in [-0.39, 0.29) is 11.4 Å². The van der Waals surface area contributed by atoms with Gasteiger partial charge in [-0.25, -0.2) is 4.98 Å². The van der Waals surface area contributed by atoms with Crippen LogP contribution in [0.5, 0.6) is 11.6 Å². The number of aromatic nitrogens is 2. The number of hydrogen-bond acceptors (Lipinski definition) is 4. The van der Waals surface area contributed by atoms with E-state index in [0.29, 0.717) is 16.5 Å². The van der Waals surface area contributed by atoms with Crippen molar-refractivity contribution < 1.29 is 4.74 Å². The highest BCUT2D eigenvalue weighted by atomic mass is 35.5. The molecule has 1 aromatic carbocycles. The van der Waals surface area contributed by atoms with Crippen molar-refractivity contribution in [2.24, 2.45) is 0 Å². The molecule has 1 heterocycles. The molecule has 16 heavy (non-hydrogen) atoms. The summed E-state index contributed by atoms with van der Waals surface area (Å²) < 4.78 is 5.33. The van der Waals surface area contributed by atoms with E-state index in [1.807, 2.05) is 0 Å². The second-order valence-corrected chi connectivity index (χ2v) is 3.45. The van der Waals surface area contributed by atoms with Gasteiger partial charge in [0.05, 0.1) is 17.4 Å². The summed E-state index contributed by atoms with van der Waals surface area (Å²) in [7, 11) is 0. The third-order valence-corrected chi connectivity index (χ3v) is 2.14. The van der Waals surface area contributed by atoms with E-state index in [4.69, 9.17) is 22.1 Å². The van der Waals surface area contributed by atoms with Gasteiger partial charge >= 0.3 is 0 Å². The van der Waals surface area contributed by atoms with Gasteiger partial charge in [0.1, 0.15) is 5.75 Å². The van der Waals surface area contributed by atoms with Crippen LogP contribution in [-0.2, 0) is 0 Å². The number of aromatic amines is 1. The number of benzene rings is 1. The molecule has 0 saturated carbocycles. The molecule has 2 rings (SSSR count). The maximum atomic E-state index is 11.0. The molecule has 0 fully saturated rings. The van der Waals surface area contributed by atoms with Gasteiger partial charge in [0.25, 0.3) is 5.56 Å². The van der Waals surface area contributed by atoms with Crippen LogP contribution in [0.1, 0.15) is 0 Å². The Morgan fingerprint density at radius 2 is 2.19 bits per heavy atom. The lowest BCUT2D eigenvalue weighted by molar-refractivity contribution is 0.461. The van der Waals surface area contributed by atoms with Gasteiger partial charge in [0.2, 0.25) is 5.88 Å². The number of halogens is 1. The van der Waals surface area contributed by atoms with Crippen molar-refractivity contribution in [1.82, 2.24) is 9.97 Å². The van der Waals surface area contributed by atoms with E-state index in [9.17, 15) is 4.79 Å². The molecule has 0 bridgehead atoms. The summed E-state index contributed by atoms with van der Waals surface area (Å²) in [5, 5.41) is 0.399. The first-order valence-electron chi connectivity index (χ1n) is 4.43. The average molecular weight is 238 g/mol. The Labute approximate surface area is 95.8 Å². The van der Waals surface area contributed by atoms with Crippen LogP contribution in [0.15, 0.2) is 35.4 Å². The van der Waals surface area contributed by atoms with Crippen LogP contribution in [0, 0.1) is 0 Å². The van der Waals surface area contributed by atoms with Crippen LogP contribution >= 0.6 is 11.6 Å². The molecule has 5 nitrogen and oxygen atoms in total. The lowest BCUT2D eigenvalue weighted by Gasteiger charge is -2.06. The summed E-state index contributed by atoms with van der Waals surface area (Å²) >= 11 is 5.89. The summed E-state index contributed by atoms with van der Waals surface area (Å²) in [6.07, 6.45) is 1.25. The first kappa shape index (κ1) is 10.5. The zero-order chi connectivity index (χ0) is 11.5. The van der Waals surface area contributed by atoms with Crippen molar-refractivity contribution >= 4 is 17.3 Å². The molecule has 3 N–H and O–H groups in total. The third-order valence-electron chi connectivity index (χ3n) is 1.82. The highest BCUT2D eigenvalue weighted by Gasteiger charge is 2.04. The quantitative estimate of drug-likeness (QED) is 0.781. The maximum absolute atomic E-state index is 11.0. The molecule has 6 heteroatoms. The van der Waals surface area contributed by atoms with Crippen LogP contribution < -0.4 is 16.0 Å². The summed E-state index contributed by atoms with van der Waals surface area (Å²) in [5.74, 6) is 0.524. The molecule has 0 atom stereocenters. The van der Waals surface area contributed by atoms with Gasteiger partial charge in [-0.3, -0.25) is 4.79 Å². The second-order valence-electron chi connectivity index (χ2n) is 3.04. The van der Waals surface area contributed by atoms with Gasteiger partial charge in [-0.2, -0.15) is 0 Å². The Balaban J connectivity index is 2.33. The molecule has 0 amide bonds. The first-order valence-corrected chi connectivity index (χ1v) is 4.80. The minimum absolute atomic E-state index is 0.163. The van der Waals surface area contributed by atoms with E-state index in [0.717, 1.165) is 0 Å². The Kier molecular flexibility index (Phi) is 2.78. The van der Waals surface area contributed by atoms with E-state index in [1.54, 1.807) is 18.2 Å². The van der Waals surface area contributed by atoms with Crippen molar-refractivity contribution in [3.05, 3.63) is 46.0 Å². The number of nitrogens with one attached hydrogen (secondary N) is 1. The van der Waals surface area contributed by atoms with Crippen molar-refractivity contribution in [2.75, 3.05) is 5.73 Å². The molecule has 0 aliphatic rings. The minimum Gasteiger partial charge on any atom is -0.437 e. The normalized spacial score (nSPS) is 10.1. The Morgan fingerprint density at radius 3 is 2.94 bits per heavy atom. The topological polar surface area (TPSA) is 81.0 Å². The third kappa shape index (κ3) is 2.32. The number of anilines is 1. The number of ether oxygens (including phenoxy) is 1. The van der Waals surface area contributed by atoms with Gasteiger partial charge in [-0.1, -0.05) is 11.6 Å². The molecule has 0 aliphatic heterocycles. The van der Waals surface area contributed by atoms with Gasteiger partial charge in [-0.05, 0) is 12.1 Å². The zero-order valence-electron chi connectivity index (χ0n) is 8.11. The van der Waals surface area contributed by atoms with Crippen LogP contribution in [-0.4, -0.2) is 9.97 Å². The van der Waals surface area contributed by atoms with E-state index < -0.39 is 0 Å². The highest BCUT2D eigenvalue weighted by Crippen LogP contribution is 2.29. The summed E-state index contributed by atoms with van der Waals surface area (Å²) in [5.41, 5.74) is 5.80. The second kappa shape index (κ2) is 4.24. The lowest BCUT2D eigenvalue weighted by atomic mass is 10.3. The molecule has 1 aromatic heterocycles. The van der Waals surface area contributed by atoms with Crippen LogP contribution in [0.2, 0.25) is 5.02 Å². The fourth-order valence-electron chi connectivity index (χ4n) is 1.12. The van der Waals surface area contributed by atoms with Gasteiger partial charge in [-0.15, -0.1) is 0 Å². The monoisotopic (exact) mass is 237 g/mol. The number of rotatable bonds is 2. The molecule has 82 valence electrons. The Hall–Kier alpha value is -2.01. The van der Waals surface area contributed by atoms with Gasteiger partial charge in [0.15, 0.2) is 0 Å². The summed E-state index contributed by atoms with van der Waals surface area (Å²) in [4.78, 5) is 17.2. The standard InChI is InChI=1S/C10H8ClN3O2/c11-7-2-1-6(12)3-8(7)16-10-4-9(15)13-5-14-10/h1-5H,12H2,(H,13,14,15). The molecule has 0 saturated heterocycles. The molecule has 0 spiro atoms. The van der Waals surface area contributed by atoms with E-state index in [1.165, 1.54) is 12.4 Å². The molecule has 0 unspecified atom stereocenters. The average Bonchev–Trinajstić information content (AvgIpc) is 2.24. The fourth-order valence-corrected chi connectivity index (χ4v) is 1.27. The smallest absolute Gasteiger partial charge is 0.254 e. The predicted molar refractivity (Wildman–Crippen MR) is 60.8 cm³/mol. The van der Waals surface area contributed by atoms with E-state index >= 15 is 0 Å². The number of H-pyrrole nitrogens is 1. The van der Waals surface area contributed by atoms with Crippen molar-refractivity contribution in [2.45, 2.75) is 0 Å². The van der Waals surface area contributed by atoms with Crippen molar-refractivity contribution in [3.8, 4) is 11.6 Å². The Bertz CT molecular complexity index is 568. The lowest BCUT2D eigenvalue weighted by Crippen LogP contribution is -2.04. The number of hydrogen-bond donors (Lipinski definition) is 2. The largest absolute Gasteiger partial charge is 0.437 e.